The van der Waals surface area contributed by atoms with Crippen LogP contribution in [0.25, 0.3) is 0 Å². The molecule has 1 N–H and O–H groups in total. The Morgan fingerprint density at radius 1 is 1.27 bits per heavy atom. The van der Waals surface area contributed by atoms with Gasteiger partial charge in [0, 0.05) is 18.7 Å². The van der Waals surface area contributed by atoms with E-state index in [9.17, 15) is 19.2 Å². The molecule has 6 nitrogen and oxygen atoms in total. The molecule has 7 heteroatoms. The molecule has 1 aromatic carbocycles. The fourth-order valence-corrected chi connectivity index (χ4v) is 1.98. The van der Waals surface area contributed by atoms with Gasteiger partial charge in [-0.3, -0.25) is 10.0 Å². The van der Waals surface area contributed by atoms with Crippen molar-refractivity contribution in [2.75, 3.05) is 13.1 Å². The van der Waals surface area contributed by atoms with E-state index in [1.54, 1.807) is 20.8 Å². The van der Waals surface area contributed by atoms with Crippen LogP contribution in [0.3, 0.4) is 0 Å². The number of benzene rings is 1. The second-order valence-corrected chi connectivity index (χ2v) is 6.20. The van der Waals surface area contributed by atoms with Gasteiger partial charge in [0.05, 0.1) is 6.04 Å². The van der Waals surface area contributed by atoms with Gasteiger partial charge < -0.3 is 9.64 Å². The molecule has 1 heterocycles. The van der Waals surface area contributed by atoms with Crippen LogP contribution in [0, 0.1) is 5.82 Å². The summed E-state index contributed by atoms with van der Waals surface area (Å²) in [6.45, 7) is 5.67. The lowest BCUT2D eigenvalue weighted by Gasteiger charge is -2.42. The van der Waals surface area contributed by atoms with E-state index in [0.29, 0.717) is 5.06 Å². The molecule has 0 aromatic heterocycles. The van der Waals surface area contributed by atoms with E-state index < -0.39 is 29.5 Å². The van der Waals surface area contributed by atoms with Gasteiger partial charge in [0.2, 0.25) is 0 Å². The number of ether oxygens (including phenoxy) is 1. The van der Waals surface area contributed by atoms with Crippen molar-refractivity contribution in [3.8, 4) is 0 Å². The highest BCUT2D eigenvalue weighted by Gasteiger charge is 2.39. The van der Waals surface area contributed by atoms with Gasteiger partial charge in [0.1, 0.15) is 11.4 Å². The van der Waals surface area contributed by atoms with Crippen LogP contribution in [0.4, 0.5) is 9.18 Å². The normalized spacial score (nSPS) is 15.2. The fraction of sp³-hybridized carbons (Fsp3) is 0.467. The second kappa shape index (κ2) is 5.92. The van der Waals surface area contributed by atoms with E-state index in [0.717, 1.165) is 12.1 Å². The molecule has 22 heavy (non-hydrogen) atoms. The van der Waals surface area contributed by atoms with E-state index >= 15 is 0 Å². The molecule has 2 amide bonds. The topological polar surface area (TPSA) is 70.1 Å². The third-order valence-electron chi connectivity index (χ3n) is 3.16. The smallest absolute Gasteiger partial charge is 0.410 e. The van der Waals surface area contributed by atoms with Crippen LogP contribution in [0.15, 0.2) is 24.3 Å². The number of likely N-dealkylation sites (tertiary alicyclic amines) is 1. The molecule has 1 aromatic rings. The van der Waals surface area contributed by atoms with E-state index in [2.05, 4.69) is 0 Å². The summed E-state index contributed by atoms with van der Waals surface area (Å²) < 4.78 is 18.0. The van der Waals surface area contributed by atoms with E-state index in [-0.39, 0.29) is 18.7 Å². The van der Waals surface area contributed by atoms with Gasteiger partial charge in [-0.05, 0) is 45.0 Å². The average molecular weight is 310 g/mol. The molecular formula is C15H19FN2O4. The number of nitrogens with zero attached hydrogens (tertiary/aromatic N) is 2. The maximum atomic E-state index is 12.8. The molecule has 1 saturated heterocycles. The summed E-state index contributed by atoms with van der Waals surface area (Å²) in [6.07, 6.45) is -0.480. The number of hydrogen-bond donors (Lipinski definition) is 1. The van der Waals surface area contributed by atoms with Gasteiger partial charge in [-0.25, -0.2) is 14.2 Å². The molecule has 0 spiro atoms. The van der Waals surface area contributed by atoms with Crippen molar-refractivity contribution < 1.29 is 23.9 Å². The molecule has 0 unspecified atom stereocenters. The predicted molar refractivity (Wildman–Crippen MR) is 76.0 cm³/mol. The Balaban J connectivity index is 1.88. The van der Waals surface area contributed by atoms with Crippen LogP contribution in [0.5, 0.6) is 0 Å². The number of hydroxylamine groups is 2. The maximum Gasteiger partial charge on any atom is 0.410 e. The average Bonchev–Trinajstić information content (AvgIpc) is 2.34. The molecule has 120 valence electrons. The Bertz CT molecular complexity index is 562. The molecule has 0 bridgehead atoms. The van der Waals surface area contributed by atoms with E-state index in [4.69, 9.17) is 4.74 Å². The number of amides is 2. The summed E-state index contributed by atoms with van der Waals surface area (Å²) in [5.74, 6) is -1.09. The van der Waals surface area contributed by atoms with Crippen molar-refractivity contribution in [3.05, 3.63) is 35.6 Å². The third-order valence-corrected chi connectivity index (χ3v) is 3.16. The lowest BCUT2D eigenvalue weighted by Crippen LogP contribution is -2.62. The summed E-state index contributed by atoms with van der Waals surface area (Å²) >= 11 is 0. The first-order valence-electron chi connectivity index (χ1n) is 6.93. The molecule has 0 aliphatic carbocycles. The van der Waals surface area contributed by atoms with Crippen LogP contribution in [0.1, 0.15) is 31.1 Å². The van der Waals surface area contributed by atoms with Crippen molar-refractivity contribution in [3.63, 3.8) is 0 Å². The molecule has 1 fully saturated rings. The van der Waals surface area contributed by atoms with Gasteiger partial charge in [0.25, 0.3) is 5.91 Å². The number of rotatable bonds is 2. The van der Waals surface area contributed by atoms with Crippen LogP contribution >= 0.6 is 0 Å². The van der Waals surface area contributed by atoms with Crippen molar-refractivity contribution in [2.24, 2.45) is 0 Å². The molecular weight excluding hydrogens is 291 g/mol. The van der Waals surface area contributed by atoms with Gasteiger partial charge in [-0.15, -0.1) is 0 Å². The molecule has 0 radical (unpaired) electrons. The zero-order valence-electron chi connectivity index (χ0n) is 12.7. The minimum Gasteiger partial charge on any atom is -0.444 e. The number of halogens is 1. The number of carbonyl (C=O) groups excluding carboxylic acids is 2. The third kappa shape index (κ3) is 3.73. The lowest BCUT2D eigenvalue weighted by molar-refractivity contribution is -0.126. The van der Waals surface area contributed by atoms with Gasteiger partial charge in [0.15, 0.2) is 0 Å². The SMILES string of the molecule is CC(C)(C)OC(=O)N1CC(N(O)C(=O)c2ccc(F)cc2)C1. The molecule has 0 saturated carbocycles. The van der Waals surface area contributed by atoms with Crippen molar-refractivity contribution in [1.29, 1.82) is 0 Å². The first-order valence-corrected chi connectivity index (χ1v) is 6.93. The minimum absolute atomic E-state index is 0.180. The van der Waals surface area contributed by atoms with Gasteiger partial charge >= 0.3 is 6.09 Å². The first-order chi connectivity index (χ1) is 10.2. The highest BCUT2D eigenvalue weighted by Crippen LogP contribution is 2.19. The Morgan fingerprint density at radius 2 is 1.82 bits per heavy atom. The summed E-state index contributed by atoms with van der Waals surface area (Å²) in [6, 6.07) is 4.39. The van der Waals surface area contributed by atoms with E-state index in [1.165, 1.54) is 17.0 Å². The van der Waals surface area contributed by atoms with Crippen molar-refractivity contribution in [2.45, 2.75) is 32.4 Å². The largest absolute Gasteiger partial charge is 0.444 e. The summed E-state index contributed by atoms with van der Waals surface area (Å²) in [5, 5.41) is 10.5. The summed E-state index contributed by atoms with van der Waals surface area (Å²) in [5.41, 5.74) is -0.412. The first kappa shape index (κ1) is 16.2. The highest BCUT2D eigenvalue weighted by atomic mass is 19.1. The monoisotopic (exact) mass is 310 g/mol. The Hall–Kier alpha value is -2.15. The number of carbonyl (C=O) groups is 2. The summed E-state index contributed by atoms with van der Waals surface area (Å²) in [7, 11) is 0. The maximum absolute atomic E-state index is 12.8. The van der Waals surface area contributed by atoms with Gasteiger partial charge in [-0.1, -0.05) is 0 Å². The van der Waals surface area contributed by atoms with Gasteiger partial charge in [-0.2, -0.15) is 0 Å². The van der Waals surface area contributed by atoms with Crippen molar-refractivity contribution >= 4 is 12.0 Å². The quantitative estimate of drug-likeness (QED) is 0.672. The van der Waals surface area contributed by atoms with Crippen LogP contribution in [0.2, 0.25) is 0 Å². The van der Waals surface area contributed by atoms with E-state index in [1.807, 2.05) is 0 Å². The molecule has 1 aliphatic rings. The highest BCUT2D eigenvalue weighted by molar-refractivity contribution is 5.93. The fourth-order valence-electron chi connectivity index (χ4n) is 1.98. The summed E-state index contributed by atoms with van der Waals surface area (Å²) in [4.78, 5) is 25.2. The predicted octanol–water partition coefficient (Wildman–Crippen LogP) is 2.28. The van der Waals surface area contributed by atoms with Crippen LogP contribution in [-0.4, -0.2) is 51.9 Å². The standard InChI is InChI=1S/C15H19FN2O4/c1-15(2,3)22-14(20)17-8-12(9-17)18(21)13(19)10-4-6-11(16)7-5-10/h4-7,12,21H,8-9H2,1-3H3. The van der Waals surface area contributed by atoms with Crippen LogP contribution in [-0.2, 0) is 4.74 Å². The second-order valence-electron chi connectivity index (χ2n) is 6.20. The molecule has 0 atom stereocenters. The number of hydrogen-bond acceptors (Lipinski definition) is 4. The van der Waals surface area contributed by atoms with Crippen LogP contribution < -0.4 is 0 Å². The Kier molecular flexibility index (Phi) is 4.37. The lowest BCUT2D eigenvalue weighted by atomic mass is 10.1. The zero-order valence-corrected chi connectivity index (χ0v) is 12.7. The minimum atomic E-state index is -0.631. The Morgan fingerprint density at radius 3 is 2.32 bits per heavy atom. The zero-order chi connectivity index (χ0) is 16.5. The van der Waals surface area contributed by atoms with Crippen molar-refractivity contribution in [1.82, 2.24) is 9.96 Å². The molecule has 1 aliphatic heterocycles. The Labute approximate surface area is 128 Å². The molecule has 2 rings (SSSR count).